The quantitative estimate of drug-likeness (QED) is 0.244. The number of rotatable bonds is 6. The van der Waals surface area contributed by atoms with E-state index in [1.54, 1.807) is 6.08 Å². The number of methoxy groups -OCH3 is 1. The van der Waals surface area contributed by atoms with Crippen molar-refractivity contribution in [2.75, 3.05) is 14.2 Å². The number of nitrogens with one attached hydrogen (secondary N) is 1. The van der Waals surface area contributed by atoms with Gasteiger partial charge in [0.05, 0.1) is 7.11 Å². The third-order valence-electron chi connectivity index (χ3n) is 3.59. The molecule has 0 radical (unpaired) electrons. The minimum Gasteiger partial charge on any atom is -0.467 e. The average molecular weight is 475 g/mol. The molecule has 0 aromatic heterocycles. The summed E-state index contributed by atoms with van der Waals surface area (Å²) in [7, 11) is 2.20. The largest absolute Gasteiger partial charge is 0.467 e. The molecule has 190 valence electrons. The first kappa shape index (κ1) is 35.1. The van der Waals surface area contributed by atoms with E-state index in [0.717, 1.165) is 23.7 Å². The van der Waals surface area contributed by atoms with Crippen molar-refractivity contribution in [2.45, 2.75) is 60.9 Å². The topological polar surface area (TPSA) is 98.5 Å². The van der Waals surface area contributed by atoms with E-state index in [9.17, 15) is 9.59 Å². The number of amides is 1. The molecule has 0 bridgehead atoms. The fourth-order valence-electron chi connectivity index (χ4n) is 2.25. The zero-order valence-corrected chi connectivity index (χ0v) is 22.1. The van der Waals surface area contributed by atoms with Crippen LogP contribution in [0.15, 0.2) is 60.7 Å². The highest BCUT2D eigenvalue weighted by atomic mass is 16.6. The zero-order valence-electron chi connectivity index (χ0n) is 22.1. The van der Waals surface area contributed by atoms with E-state index in [-0.39, 0.29) is 5.91 Å². The molecule has 0 heterocycles. The number of hydrogen-bond donors (Lipinski definition) is 1. The van der Waals surface area contributed by atoms with Gasteiger partial charge in [-0.3, -0.25) is 14.9 Å². The van der Waals surface area contributed by atoms with E-state index in [0.29, 0.717) is 6.42 Å². The highest BCUT2D eigenvalue weighted by Crippen LogP contribution is 2.08. The van der Waals surface area contributed by atoms with Gasteiger partial charge in [-0.2, -0.15) is 0 Å². The van der Waals surface area contributed by atoms with Crippen LogP contribution in [-0.4, -0.2) is 37.0 Å². The van der Waals surface area contributed by atoms with Gasteiger partial charge in [0.1, 0.15) is 6.04 Å². The Bertz CT molecular complexity index is 800. The van der Waals surface area contributed by atoms with E-state index in [1.807, 2.05) is 103 Å². The second kappa shape index (κ2) is 24.2. The van der Waals surface area contributed by atoms with Crippen LogP contribution in [0.25, 0.3) is 6.08 Å². The maximum Gasteiger partial charge on any atom is 0.328 e. The lowest BCUT2D eigenvalue weighted by Crippen LogP contribution is -2.42. The molecule has 0 aliphatic rings. The van der Waals surface area contributed by atoms with Crippen molar-refractivity contribution < 1.29 is 19.2 Å². The van der Waals surface area contributed by atoms with E-state index in [2.05, 4.69) is 5.32 Å². The molecule has 2 rings (SSSR count). The Labute approximate surface area is 205 Å². The molecule has 0 saturated carbocycles. The number of benzene rings is 2. The number of esters is 1. The number of carbonyl (C=O) groups is 2. The summed E-state index contributed by atoms with van der Waals surface area (Å²) in [5.74, 6) is -0.793. The van der Waals surface area contributed by atoms with E-state index in [1.165, 1.54) is 13.2 Å². The van der Waals surface area contributed by atoms with Crippen molar-refractivity contribution in [1.29, 1.82) is 0 Å². The van der Waals surface area contributed by atoms with Crippen LogP contribution in [0.3, 0.4) is 0 Å². The van der Waals surface area contributed by atoms with Crippen molar-refractivity contribution in [1.82, 2.24) is 5.32 Å². The number of nitro groups is 1. The molecule has 1 unspecified atom stereocenters. The molecule has 2 aromatic carbocycles. The van der Waals surface area contributed by atoms with Gasteiger partial charge in [0.15, 0.2) is 7.05 Å². The summed E-state index contributed by atoms with van der Waals surface area (Å²) >= 11 is 0. The van der Waals surface area contributed by atoms with Crippen LogP contribution in [0.1, 0.15) is 58.2 Å². The molecule has 1 atom stereocenters. The number of carbonyl (C=O) groups excluding carboxylic acids is 2. The molecule has 0 spiro atoms. The Hall–Kier alpha value is -3.48. The third-order valence-corrected chi connectivity index (χ3v) is 3.59. The van der Waals surface area contributed by atoms with Gasteiger partial charge in [0.25, 0.3) is 0 Å². The third kappa shape index (κ3) is 19.2. The van der Waals surface area contributed by atoms with E-state index >= 15 is 0 Å². The fourth-order valence-corrected chi connectivity index (χ4v) is 2.25. The first-order chi connectivity index (χ1) is 16.3. The van der Waals surface area contributed by atoms with Gasteiger partial charge in [0, 0.05) is 17.4 Å². The maximum absolute atomic E-state index is 12.1. The van der Waals surface area contributed by atoms with E-state index in [4.69, 9.17) is 14.9 Å². The van der Waals surface area contributed by atoms with Crippen molar-refractivity contribution in [3.05, 3.63) is 87.5 Å². The number of ether oxygens (including phenoxy) is 1. The molecule has 0 aliphatic heterocycles. The first-order valence-corrected chi connectivity index (χ1v) is 11.6. The Morgan fingerprint density at radius 1 is 0.971 bits per heavy atom. The molecular formula is C27H42N2O5. The van der Waals surface area contributed by atoms with Crippen LogP contribution in [0, 0.1) is 17.0 Å². The maximum atomic E-state index is 12.1. The zero-order chi connectivity index (χ0) is 26.9. The Morgan fingerprint density at radius 2 is 1.44 bits per heavy atom. The van der Waals surface area contributed by atoms with Gasteiger partial charge in [-0.05, 0) is 24.1 Å². The number of hydrogen-bond acceptors (Lipinski definition) is 5. The molecule has 0 saturated heterocycles. The van der Waals surface area contributed by atoms with Gasteiger partial charge in [-0.15, -0.1) is 0 Å². The SMILES string of the molecule is CC.CC.CC.COC(=O)C(Cc1ccc(C)cc1)NC(=O)/C=C/c1ccccc1.C[N+](=O)[O-]. The molecule has 34 heavy (non-hydrogen) atoms. The second-order valence-electron chi connectivity index (χ2n) is 5.96. The van der Waals surface area contributed by atoms with Crippen LogP contribution < -0.4 is 5.32 Å². The number of aryl methyl sites for hydroxylation is 1. The lowest BCUT2D eigenvalue weighted by atomic mass is 10.0. The van der Waals surface area contributed by atoms with Crippen LogP contribution in [0.2, 0.25) is 0 Å². The van der Waals surface area contributed by atoms with Crippen LogP contribution >= 0.6 is 0 Å². The molecule has 2 aromatic rings. The van der Waals surface area contributed by atoms with Crippen LogP contribution in [0.4, 0.5) is 0 Å². The number of nitrogens with zero attached hydrogens (tertiary/aromatic N) is 1. The minimum atomic E-state index is -0.717. The second-order valence-corrected chi connectivity index (χ2v) is 5.96. The van der Waals surface area contributed by atoms with Crippen molar-refractivity contribution in [2.24, 2.45) is 0 Å². The van der Waals surface area contributed by atoms with Gasteiger partial charge in [-0.1, -0.05) is 102 Å². The summed E-state index contributed by atoms with van der Waals surface area (Å²) in [5, 5.41) is 11.5. The average Bonchev–Trinajstić information content (AvgIpc) is 2.87. The Morgan fingerprint density at radius 3 is 1.88 bits per heavy atom. The van der Waals surface area contributed by atoms with Gasteiger partial charge >= 0.3 is 5.97 Å². The molecule has 7 nitrogen and oxygen atoms in total. The normalized spacial score (nSPS) is 9.68. The predicted octanol–water partition coefficient (Wildman–Crippen LogP) is 5.88. The molecular weight excluding hydrogens is 432 g/mol. The van der Waals surface area contributed by atoms with Crippen molar-refractivity contribution in [3.63, 3.8) is 0 Å². The standard InChI is InChI=1S/C20H21NO3.3C2H6.CH3NO2/c1-15-8-10-17(11-9-15)14-18(20(23)24-2)21-19(22)13-12-16-6-4-3-5-7-16;3*1-2;1-2(3)4/h3-13,18H,14H2,1-2H3,(H,21,22);3*1-2H3;1H3/b13-12+;;;;. The summed E-state index contributed by atoms with van der Waals surface area (Å²) in [5.41, 5.74) is 3.02. The predicted molar refractivity (Wildman–Crippen MR) is 141 cm³/mol. The smallest absolute Gasteiger partial charge is 0.328 e. The fraction of sp³-hybridized carbons (Fsp3) is 0.407. The molecule has 0 aliphatic carbocycles. The van der Waals surface area contributed by atoms with Crippen LogP contribution in [0.5, 0.6) is 0 Å². The molecule has 7 heteroatoms. The Balaban J connectivity index is -0.000000835. The lowest BCUT2D eigenvalue weighted by molar-refractivity contribution is -0.445. The van der Waals surface area contributed by atoms with Crippen molar-refractivity contribution >= 4 is 18.0 Å². The van der Waals surface area contributed by atoms with E-state index < -0.39 is 16.9 Å². The summed E-state index contributed by atoms with van der Waals surface area (Å²) in [6, 6.07) is 16.6. The minimum absolute atomic E-state index is 0.332. The molecule has 0 fully saturated rings. The van der Waals surface area contributed by atoms with Gasteiger partial charge in [-0.25, -0.2) is 4.79 Å². The van der Waals surface area contributed by atoms with Crippen molar-refractivity contribution in [3.8, 4) is 0 Å². The van der Waals surface area contributed by atoms with Gasteiger partial charge < -0.3 is 10.1 Å². The molecule has 1 amide bonds. The highest BCUT2D eigenvalue weighted by Gasteiger charge is 2.21. The first-order valence-electron chi connectivity index (χ1n) is 11.6. The molecule has 1 N–H and O–H groups in total. The monoisotopic (exact) mass is 474 g/mol. The lowest BCUT2D eigenvalue weighted by Gasteiger charge is -2.15. The summed E-state index contributed by atoms with van der Waals surface area (Å²) in [6.07, 6.45) is 3.51. The summed E-state index contributed by atoms with van der Waals surface area (Å²) in [4.78, 5) is 32.3. The Kier molecular flexibility index (Phi) is 25.0. The summed E-state index contributed by atoms with van der Waals surface area (Å²) in [6.45, 7) is 14.0. The highest BCUT2D eigenvalue weighted by molar-refractivity contribution is 5.94. The van der Waals surface area contributed by atoms with Crippen LogP contribution in [-0.2, 0) is 20.7 Å². The van der Waals surface area contributed by atoms with Gasteiger partial charge in [0.2, 0.25) is 5.91 Å². The summed E-state index contributed by atoms with van der Waals surface area (Å²) < 4.78 is 4.79.